The highest BCUT2D eigenvalue weighted by molar-refractivity contribution is 6.30. The third-order valence-electron chi connectivity index (χ3n) is 4.78. The molecule has 0 aliphatic carbocycles. The first-order valence-electron chi connectivity index (χ1n) is 9.05. The van der Waals surface area contributed by atoms with E-state index in [0.29, 0.717) is 23.7 Å². The molecule has 0 bridgehead atoms. The van der Waals surface area contributed by atoms with Crippen molar-refractivity contribution < 1.29 is 14.5 Å². The Labute approximate surface area is 168 Å². The Bertz CT molecular complexity index is 849. The van der Waals surface area contributed by atoms with Crippen LogP contribution < -0.4 is 4.74 Å². The first-order chi connectivity index (χ1) is 13.4. The fourth-order valence-electron chi connectivity index (χ4n) is 3.22. The van der Waals surface area contributed by atoms with Gasteiger partial charge >= 0.3 is 5.69 Å². The van der Waals surface area contributed by atoms with E-state index in [2.05, 4.69) is 4.90 Å². The zero-order valence-electron chi connectivity index (χ0n) is 15.6. The van der Waals surface area contributed by atoms with Crippen LogP contribution in [0.3, 0.4) is 0 Å². The van der Waals surface area contributed by atoms with Crippen LogP contribution in [0, 0.1) is 17.0 Å². The van der Waals surface area contributed by atoms with Gasteiger partial charge in [0.1, 0.15) is 0 Å². The lowest BCUT2D eigenvalue weighted by atomic mass is 10.2. The predicted molar refractivity (Wildman–Crippen MR) is 107 cm³/mol. The molecule has 0 unspecified atom stereocenters. The number of ether oxygens (including phenoxy) is 1. The molecule has 2 aromatic carbocycles. The van der Waals surface area contributed by atoms with Gasteiger partial charge < -0.3 is 9.64 Å². The van der Waals surface area contributed by atoms with Crippen LogP contribution in [-0.2, 0) is 11.3 Å². The summed E-state index contributed by atoms with van der Waals surface area (Å²) >= 11 is 5.91. The number of carbonyl (C=O) groups is 1. The van der Waals surface area contributed by atoms with E-state index in [1.807, 2.05) is 24.3 Å². The molecule has 0 atom stereocenters. The number of halogens is 1. The third kappa shape index (κ3) is 4.99. The molecule has 0 saturated carbocycles. The molecule has 1 saturated heterocycles. The monoisotopic (exact) mass is 403 g/mol. The van der Waals surface area contributed by atoms with Crippen LogP contribution in [0.2, 0.25) is 5.02 Å². The van der Waals surface area contributed by atoms with Gasteiger partial charge in [-0.1, -0.05) is 35.9 Å². The van der Waals surface area contributed by atoms with Crippen molar-refractivity contribution in [2.45, 2.75) is 13.5 Å². The summed E-state index contributed by atoms with van der Waals surface area (Å²) in [6, 6.07) is 12.6. The minimum Gasteiger partial charge on any atom is -0.477 e. The van der Waals surface area contributed by atoms with Crippen LogP contribution in [0.1, 0.15) is 11.1 Å². The minimum absolute atomic E-state index is 0.0944. The van der Waals surface area contributed by atoms with Crippen molar-refractivity contribution in [3.63, 3.8) is 0 Å². The van der Waals surface area contributed by atoms with Gasteiger partial charge in [0.05, 0.1) is 4.92 Å². The average molecular weight is 404 g/mol. The fourth-order valence-corrected chi connectivity index (χ4v) is 3.34. The van der Waals surface area contributed by atoms with Crippen LogP contribution in [-0.4, -0.2) is 53.4 Å². The number of aryl methyl sites for hydroxylation is 1. The van der Waals surface area contributed by atoms with Crippen molar-refractivity contribution >= 4 is 23.2 Å². The van der Waals surface area contributed by atoms with Gasteiger partial charge in [0.15, 0.2) is 12.4 Å². The lowest BCUT2D eigenvalue weighted by Gasteiger charge is -2.34. The third-order valence-corrected chi connectivity index (χ3v) is 5.03. The van der Waals surface area contributed by atoms with Crippen LogP contribution in [0.5, 0.6) is 5.75 Å². The molecular weight excluding hydrogens is 382 g/mol. The second-order valence-electron chi connectivity index (χ2n) is 6.75. The van der Waals surface area contributed by atoms with Gasteiger partial charge in [-0.25, -0.2) is 0 Å². The van der Waals surface area contributed by atoms with Crippen molar-refractivity contribution in [1.82, 2.24) is 9.80 Å². The Hall–Kier alpha value is -2.64. The van der Waals surface area contributed by atoms with Gasteiger partial charge in [-0.3, -0.25) is 19.8 Å². The highest BCUT2D eigenvalue weighted by Crippen LogP contribution is 2.30. The maximum atomic E-state index is 12.4. The quantitative estimate of drug-likeness (QED) is 0.546. The summed E-state index contributed by atoms with van der Waals surface area (Å²) in [4.78, 5) is 27.2. The molecule has 28 heavy (non-hydrogen) atoms. The van der Waals surface area contributed by atoms with Gasteiger partial charge in [-0.05, 0) is 30.7 Å². The van der Waals surface area contributed by atoms with E-state index >= 15 is 0 Å². The Balaban J connectivity index is 1.50. The molecule has 7 nitrogen and oxygen atoms in total. The molecule has 0 spiro atoms. The summed E-state index contributed by atoms with van der Waals surface area (Å²) in [6.07, 6.45) is 0. The first kappa shape index (κ1) is 20.1. The molecule has 8 heteroatoms. The summed E-state index contributed by atoms with van der Waals surface area (Å²) in [7, 11) is 0. The second-order valence-corrected chi connectivity index (χ2v) is 7.19. The number of benzene rings is 2. The normalized spacial score (nSPS) is 14.7. The van der Waals surface area contributed by atoms with E-state index in [-0.39, 0.29) is 24.0 Å². The maximum absolute atomic E-state index is 12.4. The minimum atomic E-state index is -0.481. The number of piperazine rings is 1. The van der Waals surface area contributed by atoms with Gasteiger partial charge in [0.25, 0.3) is 5.91 Å². The van der Waals surface area contributed by atoms with Crippen LogP contribution >= 0.6 is 11.6 Å². The predicted octanol–water partition coefficient (Wildman–Crippen LogP) is 3.28. The molecule has 0 N–H and O–H groups in total. The van der Waals surface area contributed by atoms with Gasteiger partial charge in [-0.15, -0.1) is 0 Å². The van der Waals surface area contributed by atoms with Crippen molar-refractivity contribution in [3.8, 4) is 5.75 Å². The number of hydrogen-bond acceptors (Lipinski definition) is 5. The van der Waals surface area contributed by atoms with E-state index in [0.717, 1.165) is 19.6 Å². The lowest BCUT2D eigenvalue weighted by molar-refractivity contribution is -0.386. The van der Waals surface area contributed by atoms with Crippen LogP contribution in [0.15, 0.2) is 42.5 Å². The van der Waals surface area contributed by atoms with Gasteiger partial charge in [0.2, 0.25) is 0 Å². The van der Waals surface area contributed by atoms with Crippen molar-refractivity contribution in [1.29, 1.82) is 0 Å². The first-order valence-corrected chi connectivity index (χ1v) is 9.43. The maximum Gasteiger partial charge on any atom is 0.313 e. The molecule has 3 rings (SSSR count). The number of nitro groups is 1. The summed E-state index contributed by atoms with van der Waals surface area (Å²) < 4.78 is 5.47. The summed E-state index contributed by atoms with van der Waals surface area (Å²) in [5.41, 5.74) is 1.59. The summed E-state index contributed by atoms with van der Waals surface area (Å²) in [6.45, 7) is 4.98. The van der Waals surface area contributed by atoms with Gasteiger partial charge in [0, 0.05) is 43.3 Å². The Morgan fingerprint density at radius 2 is 1.82 bits per heavy atom. The highest BCUT2D eigenvalue weighted by atomic mass is 35.5. The Morgan fingerprint density at radius 3 is 2.46 bits per heavy atom. The summed E-state index contributed by atoms with van der Waals surface area (Å²) in [5.74, 6) is -0.0401. The summed E-state index contributed by atoms with van der Waals surface area (Å²) in [5, 5.41) is 11.9. The Kier molecular flexibility index (Phi) is 6.49. The number of carbonyl (C=O) groups excluding carboxylic acids is 1. The molecule has 1 amide bonds. The Morgan fingerprint density at radius 1 is 1.14 bits per heavy atom. The molecule has 1 fully saturated rings. The number of amides is 1. The zero-order valence-corrected chi connectivity index (χ0v) is 16.4. The fraction of sp³-hybridized carbons (Fsp3) is 0.350. The molecular formula is C20H22ClN3O4. The number of hydrogen-bond donors (Lipinski definition) is 0. The van der Waals surface area contributed by atoms with E-state index in [4.69, 9.17) is 16.3 Å². The zero-order chi connectivity index (χ0) is 20.1. The SMILES string of the molecule is Cc1cccc(OCC(=O)N2CCN(Cc3ccc(Cl)cc3)CC2)c1[N+](=O)[O-]. The molecule has 1 heterocycles. The number of para-hydroxylation sites is 1. The lowest BCUT2D eigenvalue weighted by Crippen LogP contribution is -2.49. The second kappa shape index (κ2) is 9.03. The molecule has 148 valence electrons. The van der Waals surface area contributed by atoms with E-state index < -0.39 is 4.92 Å². The largest absolute Gasteiger partial charge is 0.477 e. The van der Waals surface area contributed by atoms with E-state index in [1.54, 1.807) is 24.0 Å². The van der Waals surface area contributed by atoms with Gasteiger partial charge in [-0.2, -0.15) is 0 Å². The number of nitro benzene ring substituents is 1. The smallest absolute Gasteiger partial charge is 0.313 e. The molecule has 2 aromatic rings. The average Bonchev–Trinajstić information content (AvgIpc) is 2.68. The number of rotatable bonds is 6. The number of nitrogens with zero attached hydrogens (tertiary/aromatic N) is 3. The van der Waals surface area contributed by atoms with Crippen molar-refractivity contribution in [2.75, 3.05) is 32.8 Å². The van der Waals surface area contributed by atoms with E-state index in [9.17, 15) is 14.9 Å². The standard InChI is InChI=1S/C20H22ClN3O4/c1-15-3-2-4-18(20(15)24(26)27)28-14-19(25)23-11-9-22(10-12-23)13-16-5-7-17(21)8-6-16/h2-8H,9-14H2,1H3. The van der Waals surface area contributed by atoms with E-state index in [1.165, 1.54) is 11.6 Å². The molecule has 1 aliphatic rings. The van der Waals surface area contributed by atoms with Crippen molar-refractivity contribution in [3.05, 3.63) is 68.7 Å². The molecule has 0 aromatic heterocycles. The topological polar surface area (TPSA) is 75.9 Å². The molecule has 1 aliphatic heterocycles. The van der Waals surface area contributed by atoms with Crippen LogP contribution in [0.4, 0.5) is 5.69 Å². The molecule has 0 radical (unpaired) electrons. The van der Waals surface area contributed by atoms with Crippen molar-refractivity contribution in [2.24, 2.45) is 0 Å². The van der Waals surface area contributed by atoms with Crippen LogP contribution in [0.25, 0.3) is 0 Å². The highest BCUT2D eigenvalue weighted by Gasteiger charge is 2.23.